The average Bonchev–Trinajstić information content (AvgIpc) is 3.91. The van der Waals surface area contributed by atoms with Crippen molar-refractivity contribution < 1.29 is 24.2 Å². The van der Waals surface area contributed by atoms with Crippen LogP contribution in [0.25, 0.3) is 5.69 Å². The molecule has 3 aliphatic rings. The van der Waals surface area contributed by atoms with Gasteiger partial charge in [0.15, 0.2) is 0 Å². The summed E-state index contributed by atoms with van der Waals surface area (Å²) >= 11 is 12.9. The number of nitrogens with zero attached hydrogens (tertiary/aromatic N) is 8. The van der Waals surface area contributed by atoms with Crippen molar-refractivity contribution in [2.75, 3.05) is 52.9 Å². The number of hydrogen-bond acceptors (Lipinski definition) is 9. The molecule has 2 aromatic carbocycles. The number of aliphatic carboxylic acids is 1. The number of methoxy groups -OCH3 is 1. The van der Waals surface area contributed by atoms with Crippen LogP contribution < -0.4 is 10.1 Å². The Kier molecular flexibility index (Phi) is 11.0. The molecule has 3 saturated heterocycles. The Balaban J connectivity index is 1.08. The summed E-state index contributed by atoms with van der Waals surface area (Å²) in [6.45, 7) is 3.88. The molecule has 7 rings (SSSR count). The molecule has 0 radical (unpaired) electrons. The molecule has 3 amide bonds. The summed E-state index contributed by atoms with van der Waals surface area (Å²) in [6.07, 6.45) is 7.17. The number of halogens is 2. The number of carbonyl (C=O) groups excluding carboxylic acids is 2. The van der Waals surface area contributed by atoms with E-state index in [0.717, 1.165) is 30.6 Å². The van der Waals surface area contributed by atoms with E-state index in [1.807, 2.05) is 41.3 Å². The van der Waals surface area contributed by atoms with Gasteiger partial charge in [0.2, 0.25) is 0 Å². The van der Waals surface area contributed by atoms with Crippen LogP contribution in [0.4, 0.5) is 4.79 Å². The van der Waals surface area contributed by atoms with E-state index in [9.17, 15) is 19.5 Å². The van der Waals surface area contributed by atoms with Gasteiger partial charge in [0.1, 0.15) is 12.1 Å². The molecule has 0 spiro atoms. The lowest BCUT2D eigenvalue weighted by Gasteiger charge is -2.44. The molecule has 2 aromatic heterocycles. The maximum atomic E-state index is 14.2. The molecule has 2 N–H and O–H groups in total. The van der Waals surface area contributed by atoms with Gasteiger partial charge >= 0.3 is 12.0 Å². The van der Waals surface area contributed by atoms with E-state index in [2.05, 4.69) is 30.7 Å². The van der Waals surface area contributed by atoms with Crippen molar-refractivity contribution in [1.29, 1.82) is 0 Å². The predicted octanol–water partition coefficient (Wildman–Crippen LogP) is 5.04. The molecule has 2 unspecified atom stereocenters. The number of likely N-dealkylation sites (tertiary alicyclic amines) is 3. The third-order valence-corrected chi connectivity index (χ3v) is 12.1. The number of ether oxygens (including phenoxy) is 1. The lowest BCUT2D eigenvalue weighted by atomic mass is 9.76. The molecule has 284 valence electrons. The van der Waals surface area contributed by atoms with Crippen LogP contribution in [0.15, 0.2) is 67.1 Å². The highest BCUT2D eigenvalue weighted by Gasteiger charge is 2.44. The number of carboxylic acid groups (broad SMARTS) is 1. The summed E-state index contributed by atoms with van der Waals surface area (Å²) in [4.78, 5) is 50.2. The monoisotopic (exact) mass is 775 g/mol. The van der Waals surface area contributed by atoms with Crippen molar-refractivity contribution in [3.05, 3.63) is 94.0 Å². The first-order valence-corrected chi connectivity index (χ1v) is 19.0. The van der Waals surface area contributed by atoms with Crippen molar-refractivity contribution in [3.63, 3.8) is 0 Å². The molecule has 3 aliphatic heterocycles. The van der Waals surface area contributed by atoms with Crippen molar-refractivity contribution in [3.8, 4) is 11.4 Å². The minimum atomic E-state index is -0.872. The topological polar surface area (TPSA) is 159 Å². The van der Waals surface area contributed by atoms with E-state index in [1.165, 1.54) is 11.0 Å². The first-order valence-electron chi connectivity index (χ1n) is 18.2. The van der Waals surface area contributed by atoms with E-state index in [4.69, 9.17) is 27.9 Å². The smallest absolute Gasteiger partial charge is 0.318 e. The molecule has 0 bridgehead atoms. The van der Waals surface area contributed by atoms with Crippen LogP contribution in [0.1, 0.15) is 60.1 Å². The molecule has 14 nitrogen and oxygen atoms in total. The number of urea groups is 1. The largest absolute Gasteiger partial charge is 0.496 e. The molecule has 3 fully saturated rings. The molecule has 4 aromatic rings. The average molecular weight is 777 g/mol. The van der Waals surface area contributed by atoms with E-state index in [-0.39, 0.29) is 18.5 Å². The van der Waals surface area contributed by atoms with Crippen LogP contribution >= 0.6 is 23.2 Å². The van der Waals surface area contributed by atoms with Crippen LogP contribution in [0.2, 0.25) is 10.0 Å². The summed E-state index contributed by atoms with van der Waals surface area (Å²) in [7, 11) is 1.54. The molecule has 5 heterocycles. The minimum absolute atomic E-state index is 0.152. The highest BCUT2D eigenvalue weighted by molar-refractivity contribution is 6.42. The number of carboxylic acids is 1. The number of nitrogens with one attached hydrogen (secondary N) is 1. The second-order valence-electron chi connectivity index (χ2n) is 14.5. The van der Waals surface area contributed by atoms with Gasteiger partial charge in [0.25, 0.3) is 5.91 Å². The van der Waals surface area contributed by atoms with Gasteiger partial charge in [-0.2, -0.15) is 0 Å². The number of pyridine rings is 1. The first kappa shape index (κ1) is 37.5. The van der Waals surface area contributed by atoms with Crippen LogP contribution in [0.3, 0.4) is 0 Å². The van der Waals surface area contributed by atoms with Crippen molar-refractivity contribution >= 4 is 41.1 Å². The lowest BCUT2D eigenvalue weighted by molar-refractivity contribution is -0.143. The Bertz CT molecular complexity index is 1980. The van der Waals surface area contributed by atoms with Gasteiger partial charge < -0.3 is 29.9 Å². The van der Waals surface area contributed by atoms with Crippen LogP contribution in [0.5, 0.6) is 5.75 Å². The van der Waals surface area contributed by atoms with Gasteiger partial charge in [-0.15, -0.1) is 5.10 Å². The molecule has 0 saturated carbocycles. The standard InChI is InChI=1S/C38H43Cl2N9O5/c1-54-32-10-8-28(49-25-42-44-45-49)22-29(32)34(50)48-20-12-37(24-48,27-7-9-30(39)31(40)21-27)11-17-46-18-13-38(14-19-46,33-6-2-3-15-41-33)43-36(53)47-16-4-5-26(23-47)35(51)52/h2-3,6-10,15,21-22,25-26H,4-5,11-14,16-20,23-24H2,1H3,(H,43,53)(H,51,52). The zero-order valence-corrected chi connectivity index (χ0v) is 31.5. The maximum Gasteiger partial charge on any atom is 0.318 e. The number of hydrogen-bond donors (Lipinski definition) is 2. The second kappa shape index (κ2) is 15.9. The van der Waals surface area contributed by atoms with Gasteiger partial charge in [-0.1, -0.05) is 35.3 Å². The van der Waals surface area contributed by atoms with Gasteiger partial charge in [0.05, 0.1) is 45.6 Å². The Labute approximate surface area is 323 Å². The highest BCUT2D eigenvalue weighted by atomic mass is 35.5. The fourth-order valence-electron chi connectivity index (χ4n) is 8.18. The molecular formula is C38H43Cl2N9O5. The highest BCUT2D eigenvalue weighted by Crippen LogP contribution is 2.42. The Morgan fingerprint density at radius 3 is 2.52 bits per heavy atom. The summed E-state index contributed by atoms with van der Waals surface area (Å²) in [5.74, 6) is -1.13. The Morgan fingerprint density at radius 1 is 0.981 bits per heavy atom. The van der Waals surface area contributed by atoms with Gasteiger partial charge in [-0.25, -0.2) is 9.48 Å². The number of tetrazole rings is 1. The zero-order chi connectivity index (χ0) is 37.9. The molecular weight excluding hydrogens is 733 g/mol. The van der Waals surface area contributed by atoms with Gasteiger partial charge in [-0.05, 0) is 104 Å². The minimum Gasteiger partial charge on any atom is -0.496 e. The SMILES string of the molecule is COc1ccc(-n2cnnn2)cc1C(=O)N1CCC(CCN2CCC(NC(=O)N3CCCC(C(=O)O)C3)(c3ccccn3)CC2)(c2ccc(Cl)c(Cl)c2)C1. The number of piperidine rings is 2. The van der Waals surface area contributed by atoms with Gasteiger partial charge in [0, 0.05) is 50.9 Å². The van der Waals surface area contributed by atoms with Crippen LogP contribution in [0, 0.1) is 5.92 Å². The quantitative estimate of drug-likeness (QED) is 0.224. The number of aromatic nitrogens is 5. The summed E-state index contributed by atoms with van der Waals surface area (Å²) in [5.41, 5.74) is 1.78. The van der Waals surface area contributed by atoms with Crippen molar-refractivity contribution in [2.45, 2.75) is 49.5 Å². The van der Waals surface area contributed by atoms with E-state index >= 15 is 0 Å². The lowest BCUT2D eigenvalue weighted by Crippen LogP contribution is -2.58. The fourth-order valence-corrected chi connectivity index (χ4v) is 8.48. The number of amides is 3. The third kappa shape index (κ3) is 7.73. The van der Waals surface area contributed by atoms with E-state index in [0.29, 0.717) is 85.5 Å². The summed E-state index contributed by atoms with van der Waals surface area (Å²) in [5, 5.41) is 25.3. The maximum absolute atomic E-state index is 14.2. The van der Waals surface area contributed by atoms with E-state index in [1.54, 1.807) is 36.4 Å². The summed E-state index contributed by atoms with van der Waals surface area (Å²) in [6, 6.07) is 16.5. The molecule has 16 heteroatoms. The normalized spacial score (nSPS) is 21.5. The first-order chi connectivity index (χ1) is 26.1. The number of benzene rings is 2. The number of carbonyl (C=O) groups is 3. The van der Waals surface area contributed by atoms with Gasteiger partial charge in [-0.3, -0.25) is 14.6 Å². The molecule has 0 aliphatic carbocycles. The molecule has 54 heavy (non-hydrogen) atoms. The number of rotatable bonds is 10. The zero-order valence-electron chi connectivity index (χ0n) is 30.0. The molecule has 2 atom stereocenters. The van der Waals surface area contributed by atoms with Crippen LogP contribution in [-0.4, -0.2) is 116 Å². The van der Waals surface area contributed by atoms with E-state index < -0.39 is 22.8 Å². The third-order valence-electron chi connectivity index (χ3n) is 11.4. The Hall–Kier alpha value is -4.79. The fraction of sp³-hybridized carbons (Fsp3) is 0.447. The summed E-state index contributed by atoms with van der Waals surface area (Å²) < 4.78 is 7.10. The van der Waals surface area contributed by atoms with Crippen molar-refractivity contribution in [1.82, 2.24) is 45.2 Å². The van der Waals surface area contributed by atoms with Crippen LogP contribution in [-0.2, 0) is 15.7 Å². The predicted molar refractivity (Wildman–Crippen MR) is 201 cm³/mol. The van der Waals surface area contributed by atoms with Crippen molar-refractivity contribution in [2.24, 2.45) is 5.92 Å². The second-order valence-corrected chi connectivity index (χ2v) is 15.3. The Morgan fingerprint density at radius 2 is 1.81 bits per heavy atom.